The quantitative estimate of drug-likeness (QED) is 0.299. The van der Waals surface area contributed by atoms with Crippen LogP contribution >= 0.6 is 11.3 Å². The van der Waals surface area contributed by atoms with Crippen LogP contribution in [0.5, 0.6) is 5.75 Å². The first-order chi connectivity index (χ1) is 18.5. The van der Waals surface area contributed by atoms with Crippen molar-refractivity contribution in [3.05, 3.63) is 52.1 Å². The van der Waals surface area contributed by atoms with Crippen LogP contribution in [0.25, 0.3) is 27.6 Å². The van der Waals surface area contributed by atoms with Crippen LogP contribution < -0.4 is 20.2 Å². The Bertz CT molecular complexity index is 1640. The number of nitrogens with zero attached hydrogens (tertiary/aromatic N) is 7. The van der Waals surface area contributed by atoms with Gasteiger partial charge in [-0.15, -0.1) is 5.10 Å². The van der Waals surface area contributed by atoms with Gasteiger partial charge in [-0.3, -0.25) is 14.3 Å². The van der Waals surface area contributed by atoms with Gasteiger partial charge in [0.05, 0.1) is 18.6 Å². The number of furan rings is 1. The van der Waals surface area contributed by atoms with E-state index in [9.17, 15) is 9.18 Å². The van der Waals surface area contributed by atoms with Gasteiger partial charge in [0.25, 0.3) is 0 Å². The molecule has 0 bridgehead atoms. The number of rotatable bonds is 8. The Hall–Kier alpha value is -4.01. The second-order valence-corrected chi connectivity index (χ2v) is 9.77. The topological polar surface area (TPSA) is 140 Å². The summed E-state index contributed by atoms with van der Waals surface area (Å²) in [5, 5.41) is 13.3. The molecule has 12 nitrogen and oxygen atoms in total. The summed E-state index contributed by atoms with van der Waals surface area (Å²) >= 11 is 1.06. The summed E-state index contributed by atoms with van der Waals surface area (Å²) in [6, 6.07) is 8.09. The van der Waals surface area contributed by atoms with Gasteiger partial charge in [-0.05, 0) is 24.3 Å². The lowest BCUT2D eigenvalue weighted by atomic mass is 10.2. The molecule has 6 rings (SSSR count). The molecular weight excluding hydrogens is 515 g/mol. The molecule has 14 heteroatoms. The number of aliphatic hydroxyl groups is 1. The van der Waals surface area contributed by atoms with E-state index in [-0.39, 0.29) is 29.9 Å². The number of fused-ring (bicyclic) bond motifs is 3. The fourth-order valence-corrected chi connectivity index (χ4v) is 5.51. The van der Waals surface area contributed by atoms with Gasteiger partial charge >= 0.3 is 4.87 Å². The van der Waals surface area contributed by atoms with Crippen molar-refractivity contribution in [2.45, 2.75) is 6.54 Å². The number of nitrogens with two attached hydrogens (primary N) is 1. The number of thiazole rings is 1. The molecule has 1 saturated heterocycles. The Morgan fingerprint density at radius 1 is 1.13 bits per heavy atom. The lowest BCUT2D eigenvalue weighted by molar-refractivity contribution is 0.201. The first-order valence-corrected chi connectivity index (χ1v) is 12.9. The normalized spacial score (nSPS) is 14.6. The summed E-state index contributed by atoms with van der Waals surface area (Å²) in [6.45, 7) is 3.76. The molecule has 4 aromatic heterocycles. The molecule has 1 aliphatic heterocycles. The molecule has 0 saturated carbocycles. The average molecular weight is 541 g/mol. The predicted octanol–water partition coefficient (Wildman–Crippen LogP) is 1.68. The van der Waals surface area contributed by atoms with Gasteiger partial charge in [-0.2, -0.15) is 9.50 Å². The largest absolute Gasteiger partial charge is 0.491 e. The predicted molar refractivity (Wildman–Crippen MR) is 140 cm³/mol. The molecule has 0 amide bonds. The minimum Gasteiger partial charge on any atom is -0.491 e. The van der Waals surface area contributed by atoms with Crippen LogP contribution in [0.2, 0.25) is 0 Å². The van der Waals surface area contributed by atoms with Crippen LogP contribution in [0.3, 0.4) is 0 Å². The molecule has 198 valence electrons. The first kappa shape index (κ1) is 24.3. The van der Waals surface area contributed by atoms with Crippen LogP contribution in [0, 0.1) is 5.82 Å². The first-order valence-electron chi connectivity index (χ1n) is 12.1. The van der Waals surface area contributed by atoms with Gasteiger partial charge in [-0.25, -0.2) is 9.37 Å². The number of ether oxygens (including phenoxy) is 1. The molecule has 0 spiro atoms. The number of piperazine rings is 1. The Morgan fingerprint density at radius 2 is 1.97 bits per heavy atom. The van der Waals surface area contributed by atoms with Crippen molar-refractivity contribution >= 4 is 39.0 Å². The molecule has 5 aromatic rings. The van der Waals surface area contributed by atoms with E-state index in [0.717, 1.165) is 11.3 Å². The molecule has 0 atom stereocenters. The standard InChI is InChI=1S/C24H25FN8O4S/c25-16-4-3-15(36-13-11-34)14-17(16)31-8-5-30(6-9-31)7-10-32-21-19(38-24(32)35)22-27-20(18-2-1-12-37-18)29-33(22)23(26)28-21/h1-4,12,14,34H,5-11,13H2,(H2,26,28). The van der Waals surface area contributed by atoms with Gasteiger partial charge in [-0.1, -0.05) is 11.3 Å². The third-order valence-electron chi connectivity index (χ3n) is 6.49. The number of aromatic nitrogens is 5. The van der Waals surface area contributed by atoms with Crippen molar-refractivity contribution in [1.29, 1.82) is 0 Å². The van der Waals surface area contributed by atoms with Gasteiger partial charge < -0.3 is 24.9 Å². The number of anilines is 2. The van der Waals surface area contributed by atoms with Crippen molar-refractivity contribution < 1.29 is 18.7 Å². The van der Waals surface area contributed by atoms with E-state index in [1.54, 1.807) is 28.8 Å². The summed E-state index contributed by atoms with van der Waals surface area (Å²) < 4.78 is 29.0. The molecular formula is C24H25FN8O4S. The molecule has 38 heavy (non-hydrogen) atoms. The summed E-state index contributed by atoms with van der Waals surface area (Å²) in [6.07, 6.45) is 1.54. The Kier molecular flexibility index (Phi) is 6.43. The second-order valence-electron chi connectivity index (χ2n) is 8.80. The van der Waals surface area contributed by atoms with Crippen molar-refractivity contribution in [3.63, 3.8) is 0 Å². The lowest BCUT2D eigenvalue weighted by Gasteiger charge is -2.36. The molecule has 3 N–H and O–H groups in total. The number of hydrogen-bond donors (Lipinski definition) is 2. The number of aliphatic hydroxyl groups excluding tert-OH is 1. The third-order valence-corrected chi connectivity index (χ3v) is 7.45. The van der Waals surface area contributed by atoms with E-state index in [4.69, 9.17) is 20.0 Å². The van der Waals surface area contributed by atoms with Gasteiger partial charge in [0.1, 0.15) is 22.9 Å². The molecule has 1 aliphatic rings. The molecule has 0 radical (unpaired) electrons. The van der Waals surface area contributed by atoms with Crippen LogP contribution in [0.4, 0.5) is 16.0 Å². The molecule has 1 fully saturated rings. The zero-order chi connectivity index (χ0) is 26.2. The fourth-order valence-electron chi connectivity index (χ4n) is 4.58. The molecule has 0 aliphatic carbocycles. The van der Waals surface area contributed by atoms with Crippen molar-refractivity contribution in [2.75, 3.05) is 56.6 Å². The van der Waals surface area contributed by atoms with E-state index < -0.39 is 0 Å². The van der Waals surface area contributed by atoms with E-state index in [2.05, 4.69) is 20.0 Å². The molecule has 1 aromatic carbocycles. The summed E-state index contributed by atoms with van der Waals surface area (Å²) in [5.74, 6) is 1.20. The van der Waals surface area contributed by atoms with Gasteiger partial charge in [0.15, 0.2) is 17.1 Å². The van der Waals surface area contributed by atoms with Gasteiger partial charge in [0.2, 0.25) is 11.8 Å². The maximum Gasteiger partial charge on any atom is 0.309 e. The molecule has 0 unspecified atom stereocenters. The monoisotopic (exact) mass is 540 g/mol. The third kappa shape index (κ3) is 4.46. The fraction of sp³-hybridized carbons (Fsp3) is 0.333. The van der Waals surface area contributed by atoms with Crippen LogP contribution in [0.1, 0.15) is 0 Å². The van der Waals surface area contributed by atoms with E-state index in [1.807, 2.05) is 4.90 Å². The van der Waals surface area contributed by atoms with E-state index in [1.165, 1.54) is 16.8 Å². The number of nitrogen functional groups attached to an aromatic ring is 1. The molecule has 5 heterocycles. The van der Waals surface area contributed by atoms with E-state index in [0.29, 0.717) is 78.3 Å². The van der Waals surface area contributed by atoms with Gasteiger partial charge in [0, 0.05) is 45.3 Å². The minimum absolute atomic E-state index is 0.105. The zero-order valence-corrected chi connectivity index (χ0v) is 21.1. The highest BCUT2D eigenvalue weighted by Gasteiger charge is 2.22. The van der Waals surface area contributed by atoms with Crippen LogP contribution in [0.15, 0.2) is 45.8 Å². The lowest BCUT2D eigenvalue weighted by Crippen LogP contribution is -2.47. The second kappa shape index (κ2) is 10.0. The Balaban J connectivity index is 1.16. The summed E-state index contributed by atoms with van der Waals surface area (Å²) in [5.41, 5.74) is 7.58. The SMILES string of the molecule is Nc1nc2c(sc(=O)n2CCN2CCN(c3cc(OCCO)ccc3F)CC2)c2nc(-c3ccco3)nn12. The summed E-state index contributed by atoms with van der Waals surface area (Å²) in [4.78, 5) is 26.0. The zero-order valence-electron chi connectivity index (χ0n) is 20.3. The maximum absolute atomic E-state index is 14.5. The number of halogens is 1. The highest BCUT2D eigenvalue weighted by molar-refractivity contribution is 7.17. The van der Waals surface area contributed by atoms with Crippen molar-refractivity contribution in [1.82, 2.24) is 29.0 Å². The Morgan fingerprint density at radius 3 is 2.74 bits per heavy atom. The average Bonchev–Trinajstić information content (AvgIpc) is 3.67. The Labute approximate surface area is 219 Å². The van der Waals surface area contributed by atoms with Crippen LogP contribution in [-0.2, 0) is 6.54 Å². The number of hydrogen-bond acceptors (Lipinski definition) is 11. The highest BCUT2D eigenvalue weighted by atomic mass is 32.1. The van der Waals surface area contributed by atoms with Crippen LogP contribution in [-0.4, -0.2) is 80.1 Å². The smallest absolute Gasteiger partial charge is 0.309 e. The van der Waals surface area contributed by atoms with Crippen molar-refractivity contribution in [2.24, 2.45) is 0 Å². The maximum atomic E-state index is 14.5. The highest BCUT2D eigenvalue weighted by Crippen LogP contribution is 2.27. The summed E-state index contributed by atoms with van der Waals surface area (Å²) in [7, 11) is 0. The number of benzene rings is 1. The minimum atomic E-state index is -0.315. The van der Waals surface area contributed by atoms with Crippen molar-refractivity contribution in [3.8, 4) is 17.3 Å². The van der Waals surface area contributed by atoms with E-state index >= 15 is 0 Å².